The highest BCUT2D eigenvalue weighted by atomic mass is 79.9. The number of aryl methyl sites for hydroxylation is 1. The first-order valence-corrected chi connectivity index (χ1v) is 7.55. The van der Waals surface area contributed by atoms with Gasteiger partial charge in [0, 0.05) is 28.5 Å². The first kappa shape index (κ1) is 15.6. The Morgan fingerprint density at radius 1 is 1.43 bits per heavy atom. The Hall–Kier alpha value is -1.82. The van der Waals surface area contributed by atoms with E-state index in [0.29, 0.717) is 0 Å². The van der Waals surface area contributed by atoms with Crippen molar-refractivity contribution < 1.29 is 9.53 Å². The van der Waals surface area contributed by atoms with Gasteiger partial charge in [-0.05, 0) is 30.7 Å². The van der Waals surface area contributed by atoms with Crippen LogP contribution in [-0.2, 0) is 16.1 Å². The Balaban J connectivity index is 2.21. The van der Waals surface area contributed by atoms with Crippen LogP contribution in [0.5, 0.6) is 0 Å². The third-order valence-electron chi connectivity index (χ3n) is 3.03. The van der Waals surface area contributed by atoms with Gasteiger partial charge in [-0.25, -0.2) is 4.79 Å². The minimum atomic E-state index is -0.568. The van der Waals surface area contributed by atoms with E-state index in [0.717, 1.165) is 28.7 Å². The van der Waals surface area contributed by atoms with Gasteiger partial charge < -0.3 is 10.1 Å². The van der Waals surface area contributed by atoms with E-state index in [1.165, 1.54) is 7.11 Å². The van der Waals surface area contributed by atoms with Gasteiger partial charge in [0.1, 0.15) is 0 Å². The maximum absolute atomic E-state index is 12.0. The number of hydrogen-bond acceptors (Lipinski definition) is 4. The zero-order valence-corrected chi connectivity index (χ0v) is 13.6. The SMILES string of the molecule is CCCn1cc(C(Nc2ccc(Br)cc2)C(=O)OC)cn1. The van der Waals surface area contributed by atoms with E-state index in [-0.39, 0.29) is 5.97 Å². The van der Waals surface area contributed by atoms with Crippen molar-refractivity contribution in [2.24, 2.45) is 0 Å². The van der Waals surface area contributed by atoms with Crippen molar-refractivity contribution in [1.29, 1.82) is 0 Å². The van der Waals surface area contributed by atoms with Crippen molar-refractivity contribution in [3.8, 4) is 0 Å². The molecule has 1 N–H and O–H groups in total. The second-order valence-corrected chi connectivity index (χ2v) is 5.56. The fourth-order valence-corrected chi connectivity index (χ4v) is 2.25. The summed E-state index contributed by atoms with van der Waals surface area (Å²) in [6.45, 7) is 2.91. The highest BCUT2D eigenvalue weighted by Crippen LogP contribution is 2.22. The third kappa shape index (κ3) is 4.07. The molecule has 0 amide bonds. The topological polar surface area (TPSA) is 56.2 Å². The maximum Gasteiger partial charge on any atom is 0.333 e. The molecule has 1 unspecified atom stereocenters. The summed E-state index contributed by atoms with van der Waals surface area (Å²) in [6.07, 6.45) is 4.56. The van der Waals surface area contributed by atoms with Gasteiger partial charge in [-0.15, -0.1) is 0 Å². The molecule has 1 aromatic heterocycles. The molecular weight excluding hydrogens is 334 g/mol. The monoisotopic (exact) mass is 351 g/mol. The van der Waals surface area contributed by atoms with E-state index >= 15 is 0 Å². The fourth-order valence-electron chi connectivity index (χ4n) is 1.99. The number of esters is 1. The van der Waals surface area contributed by atoms with E-state index < -0.39 is 6.04 Å². The highest BCUT2D eigenvalue weighted by molar-refractivity contribution is 9.10. The van der Waals surface area contributed by atoms with Gasteiger partial charge >= 0.3 is 5.97 Å². The second-order valence-electron chi connectivity index (χ2n) is 4.64. The fraction of sp³-hybridized carbons (Fsp3) is 0.333. The molecule has 0 bridgehead atoms. The summed E-state index contributed by atoms with van der Waals surface area (Å²) < 4.78 is 7.70. The average molecular weight is 352 g/mol. The summed E-state index contributed by atoms with van der Waals surface area (Å²) in [7, 11) is 1.38. The van der Waals surface area contributed by atoms with E-state index in [1.54, 1.807) is 6.20 Å². The number of aromatic nitrogens is 2. The van der Waals surface area contributed by atoms with E-state index in [4.69, 9.17) is 4.74 Å². The predicted molar refractivity (Wildman–Crippen MR) is 85.0 cm³/mol. The molecule has 0 radical (unpaired) electrons. The van der Waals surface area contributed by atoms with Crippen molar-refractivity contribution in [2.75, 3.05) is 12.4 Å². The molecule has 2 rings (SSSR count). The molecule has 0 aliphatic rings. The number of anilines is 1. The van der Waals surface area contributed by atoms with Gasteiger partial charge in [-0.1, -0.05) is 22.9 Å². The molecule has 0 fully saturated rings. The molecule has 0 saturated heterocycles. The van der Waals surface area contributed by atoms with Crippen LogP contribution in [0.25, 0.3) is 0 Å². The Morgan fingerprint density at radius 2 is 2.14 bits per heavy atom. The van der Waals surface area contributed by atoms with Crippen LogP contribution in [0.15, 0.2) is 41.1 Å². The predicted octanol–water partition coefficient (Wildman–Crippen LogP) is 3.38. The van der Waals surface area contributed by atoms with Crippen molar-refractivity contribution in [3.05, 3.63) is 46.7 Å². The molecule has 1 atom stereocenters. The standard InChI is InChI=1S/C15H18BrN3O2/c1-3-8-19-10-11(9-17-19)14(15(20)21-2)18-13-6-4-12(16)5-7-13/h4-7,9-10,14,18H,3,8H2,1-2H3. The summed E-state index contributed by atoms with van der Waals surface area (Å²) in [6, 6.07) is 7.06. The molecule has 0 spiro atoms. The van der Waals surface area contributed by atoms with Gasteiger partial charge in [-0.3, -0.25) is 4.68 Å². The van der Waals surface area contributed by atoms with E-state index in [2.05, 4.69) is 33.3 Å². The normalized spacial score (nSPS) is 12.0. The van der Waals surface area contributed by atoms with Gasteiger partial charge in [0.2, 0.25) is 0 Å². The number of carbonyl (C=O) groups is 1. The number of benzene rings is 1. The smallest absolute Gasteiger partial charge is 0.333 e. The maximum atomic E-state index is 12.0. The third-order valence-corrected chi connectivity index (χ3v) is 3.56. The number of methoxy groups -OCH3 is 1. The molecule has 0 aliphatic heterocycles. The van der Waals surface area contributed by atoms with Crippen LogP contribution in [-0.4, -0.2) is 22.9 Å². The quantitative estimate of drug-likeness (QED) is 0.810. The molecule has 1 aromatic carbocycles. The van der Waals surface area contributed by atoms with Crippen molar-refractivity contribution in [3.63, 3.8) is 0 Å². The summed E-state index contributed by atoms with van der Waals surface area (Å²) in [4.78, 5) is 12.0. The second kappa shape index (κ2) is 7.26. The van der Waals surface area contributed by atoms with Crippen LogP contribution in [0.4, 0.5) is 5.69 Å². The van der Waals surface area contributed by atoms with Crippen molar-refractivity contribution in [2.45, 2.75) is 25.9 Å². The molecule has 0 saturated carbocycles. The minimum absolute atomic E-state index is 0.339. The van der Waals surface area contributed by atoms with Crippen LogP contribution < -0.4 is 5.32 Å². The lowest BCUT2D eigenvalue weighted by molar-refractivity contribution is -0.141. The van der Waals surface area contributed by atoms with Crippen molar-refractivity contribution in [1.82, 2.24) is 9.78 Å². The number of nitrogens with one attached hydrogen (secondary N) is 1. The van der Waals surface area contributed by atoms with Crippen LogP contribution in [0.1, 0.15) is 24.9 Å². The number of carbonyl (C=O) groups excluding carboxylic acids is 1. The zero-order chi connectivity index (χ0) is 15.2. The van der Waals surface area contributed by atoms with E-state index in [1.807, 2.05) is 35.1 Å². The Kier molecular flexibility index (Phi) is 5.38. The van der Waals surface area contributed by atoms with Crippen LogP contribution in [0, 0.1) is 0 Å². The molecular formula is C15H18BrN3O2. The number of halogens is 1. The Labute approximate surface area is 132 Å². The molecule has 6 heteroatoms. The number of hydrogen-bond donors (Lipinski definition) is 1. The van der Waals surface area contributed by atoms with Gasteiger partial charge in [0.15, 0.2) is 6.04 Å². The van der Waals surface area contributed by atoms with Gasteiger partial charge in [0.25, 0.3) is 0 Å². The van der Waals surface area contributed by atoms with Crippen LogP contribution >= 0.6 is 15.9 Å². The van der Waals surface area contributed by atoms with Crippen LogP contribution in [0.2, 0.25) is 0 Å². The average Bonchev–Trinajstić information content (AvgIpc) is 2.94. The highest BCUT2D eigenvalue weighted by Gasteiger charge is 2.22. The molecule has 0 aliphatic carbocycles. The van der Waals surface area contributed by atoms with Crippen molar-refractivity contribution >= 4 is 27.6 Å². The summed E-state index contributed by atoms with van der Waals surface area (Å²) in [5.41, 5.74) is 1.63. The molecule has 5 nitrogen and oxygen atoms in total. The molecule has 1 heterocycles. The lowest BCUT2D eigenvalue weighted by Crippen LogP contribution is -2.22. The molecule has 2 aromatic rings. The lowest BCUT2D eigenvalue weighted by Gasteiger charge is -2.16. The summed E-state index contributed by atoms with van der Waals surface area (Å²) in [5.74, 6) is -0.339. The zero-order valence-electron chi connectivity index (χ0n) is 12.0. The first-order chi connectivity index (χ1) is 10.1. The van der Waals surface area contributed by atoms with Gasteiger partial charge in [-0.2, -0.15) is 5.10 Å². The molecule has 21 heavy (non-hydrogen) atoms. The lowest BCUT2D eigenvalue weighted by atomic mass is 10.1. The number of nitrogens with zero attached hydrogens (tertiary/aromatic N) is 2. The Morgan fingerprint density at radius 3 is 2.76 bits per heavy atom. The van der Waals surface area contributed by atoms with Crippen LogP contribution in [0.3, 0.4) is 0 Å². The molecule has 112 valence electrons. The van der Waals surface area contributed by atoms with E-state index in [9.17, 15) is 4.79 Å². The minimum Gasteiger partial charge on any atom is -0.467 e. The Bertz CT molecular complexity index is 595. The largest absolute Gasteiger partial charge is 0.467 e. The van der Waals surface area contributed by atoms with Gasteiger partial charge in [0.05, 0.1) is 13.3 Å². The summed E-state index contributed by atoms with van der Waals surface area (Å²) >= 11 is 3.39. The first-order valence-electron chi connectivity index (χ1n) is 6.76. The summed E-state index contributed by atoms with van der Waals surface area (Å²) in [5, 5.41) is 7.44. The number of rotatable bonds is 6. The number of ether oxygens (including phenoxy) is 1.